The van der Waals surface area contributed by atoms with Crippen LogP contribution in [0.2, 0.25) is 0 Å². The summed E-state index contributed by atoms with van der Waals surface area (Å²) in [6, 6.07) is 0. The first-order chi connectivity index (χ1) is 5.31. The average Bonchev–Trinajstić information content (AvgIpc) is 2.04. The molecule has 1 unspecified atom stereocenters. The van der Waals surface area contributed by atoms with Gasteiger partial charge in [-0.3, -0.25) is 0 Å². The molecule has 0 aromatic rings. The zero-order valence-corrected chi connectivity index (χ0v) is 7.68. The van der Waals surface area contributed by atoms with Gasteiger partial charge in [-0.15, -0.1) is 4.89 Å². The van der Waals surface area contributed by atoms with E-state index < -0.39 is 8.60 Å². The lowest BCUT2D eigenvalue weighted by Crippen LogP contribution is -1.96. The molecule has 2 N–H and O–H groups in total. The van der Waals surface area contributed by atoms with Gasteiger partial charge in [-0.1, -0.05) is 26.2 Å². The molecule has 0 amide bonds. The molecule has 0 spiro atoms. The third kappa shape index (κ3) is 8.17. The highest BCUT2D eigenvalue weighted by Crippen LogP contribution is 2.31. The van der Waals surface area contributed by atoms with Gasteiger partial charge in [0, 0.05) is 0 Å². The third-order valence-electron chi connectivity index (χ3n) is 1.28. The molecule has 4 nitrogen and oxygen atoms in total. The van der Waals surface area contributed by atoms with Crippen LogP contribution in [0.4, 0.5) is 0 Å². The van der Waals surface area contributed by atoms with Crippen LogP contribution in [0.5, 0.6) is 0 Å². The van der Waals surface area contributed by atoms with Gasteiger partial charge in [0.1, 0.15) is 0 Å². The Morgan fingerprint density at radius 1 is 1.36 bits per heavy atom. The summed E-state index contributed by atoms with van der Waals surface area (Å²) < 4.78 is 8.64. The van der Waals surface area contributed by atoms with E-state index in [0.29, 0.717) is 6.61 Å². The van der Waals surface area contributed by atoms with Gasteiger partial charge in [-0.2, -0.15) is 0 Å². The van der Waals surface area contributed by atoms with Gasteiger partial charge in [0.25, 0.3) is 0 Å². The van der Waals surface area contributed by atoms with Crippen LogP contribution < -0.4 is 5.90 Å². The maximum absolute atomic E-state index is 10.4. The summed E-state index contributed by atoms with van der Waals surface area (Å²) in [6.45, 7) is 2.59. The van der Waals surface area contributed by atoms with Crippen molar-refractivity contribution in [1.29, 1.82) is 0 Å². The van der Waals surface area contributed by atoms with E-state index in [1.165, 1.54) is 12.8 Å². The van der Waals surface area contributed by atoms with Gasteiger partial charge in [0.15, 0.2) is 0 Å². The van der Waals surface area contributed by atoms with E-state index in [2.05, 4.69) is 17.4 Å². The maximum atomic E-state index is 10.4. The molecule has 0 rings (SSSR count). The van der Waals surface area contributed by atoms with E-state index in [-0.39, 0.29) is 0 Å². The average molecular weight is 180 g/mol. The smallest absolute Gasteiger partial charge is 0.310 e. The Kier molecular flexibility index (Phi) is 8.57. The van der Waals surface area contributed by atoms with Gasteiger partial charge in [-0.25, -0.2) is 10.5 Å². The van der Waals surface area contributed by atoms with Gasteiger partial charge in [0.05, 0.1) is 6.61 Å². The minimum absolute atomic E-state index is 0.465. The van der Waals surface area contributed by atoms with E-state index >= 15 is 0 Å². The normalized spacial score (nSPS) is 13.4. The quantitative estimate of drug-likeness (QED) is 0.370. The van der Waals surface area contributed by atoms with Crippen LogP contribution in [0.25, 0.3) is 0 Å². The lowest BCUT2D eigenvalue weighted by Gasteiger charge is -2.03. The minimum atomic E-state index is -2.07. The lowest BCUT2D eigenvalue weighted by molar-refractivity contribution is 0.178. The molecule has 1 atom stereocenters. The summed E-state index contributed by atoms with van der Waals surface area (Å²) in [7, 11) is -2.07. The highest BCUT2D eigenvalue weighted by molar-refractivity contribution is 7.40. The fourth-order valence-electron chi connectivity index (χ4n) is 0.698. The molecule has 0 bridgehead atoms. The molecule has 0 aromatic carbocycles. The highest BCUT2D eigenvalue weighted by atomic mass is 31.2. The van der Waals surface area contributed by atoms with Crippen molar-refractivity contribution in [2.45, 2.75) is 32.6 Å². The van der Waals surface area contributed by atoms with E-state index in [4.69, 9.17) is 4.52 Å². The van der Waals surface area contributed by atoms with E-state index in [9.17, 15) is 4.89 Å². The first kappa shape index (κ1) is 11.3. The number of hydrogen-bond acceptors (Lipinski definition) is 3. The zero-order valence-electron chi connectivity index (χ0n) is 6.78. The summed E-state index contributed by atoms with van der Waals surface area (Å²) in [5.41, 5.74) is 0. The van der Waals surface area contributed by atoms with Crippen molar-refractivity contribution in [3.05, 3.63) is 0 Å². The predicted molar refractivity (Wildman–Crippen MR) is 43.0 cm³/mol. The molecule has 5 heteroatoms. The summed E-state index contributed by atoms with van der Waals surface area (Å²) in [6.07, 6.45) is 4.38. The summed E-state index contributed by atoms with van der Waals surface area (Å²) in [5, 5.41) is 0. The number of nitrogens with two attached hydrogens (primary N) is 1. The Bertz CT molecular complexity index is 84.2. The molecular weight excluding hydrogens is 165 g/mol. The maximum Gasteiger partial charge on any atom is 0.380 e. The van der Waals surface area contributed by atoms with Crippen LogP contribution in [-0.4, -0.2) is 6.61 Å². The fourth-order valence-corrected chi connectivity index (χ4v) is 1.04. The van der Waals surface area contributed by atoms with Crippen LogP contribution in [0.3, 0.4) is 0 Å². The Balaban J connectivity index is 2.89. The van der Waals surface area contributed by atoms with E-state index in [0.717, 1.165) is 12.8 Å². The van der Waals surface area contributed by atoms with Gasteiger partial charge in [-0.05, 0) is 6.42 Å². The Hall–Kier alpha value is 0.270. The van der Waals surface area contributed by atoms with Crippen molar-refractivity contribution in [3.63, 3.8) is 0 Å². The molecule has 0 saturated carbocycles. The molecule has 67 valence electrons. The number of unbranched alkanes of at least 4 members (excludes halogenated alkanes) is 3. The number of rotatable bonds is 7. The fraction of sp³-hybridized carbons (Fsp3) is 1.00. The van der Waals surface area contributed by atoms with Crippen molar-refractivity contribution in [2.75, 3.05) is 6.61 Å². The first-order valence-electron chi connectivity index (χ1n) is 3.78. The second kappa shape index (κ2) is 8.37. The van der Waals surface area contributed by atoms with Gasteiger partial charge < -0.3 is 4.52 Å². The van der Waals surface area contributed by atoms with Crippen LogP contribution in [0.1, 0.15) is 32.6 Å². The molecule has 0 aliphatic rings. The van der Waals surface area contributed by atoms with E-state index in [1.54, 1.807) is 0 Å². The molecular formula is C6H15NO3P. The van der Waals surface area contributed by atoms with E-state index in [1.807, 2.05) is 0 Å². The Morgan fingerprint density at radius 3 is 2.64 bits per heavy atom. The standard InChI is InChI=1S/C6H15NO3P/c1-2-3-4-5-6-9-11(8)10-7/h2-7H2,1H3. The van der Waals surface area contributed by atoms with Crippen molar-refractivity contribution < 1.29 is 14.0 Å². The van der Waals surface area contributed by atoms with Gasteiger partial charge >= 0.3 is 8.60 Å². The largest absolute Gasteiger partial charge is 0.380 e. The Labute approximate surface area is 68.6 Å². The summed E-state index contributed by atoms with van der Waals surface area (Å²) in [4.78, 5) is 10.4. The zero-order chi connectivity index (χ0) is 8.53. The minimum Gasteiger partial charge on any atom is -0.310 e. The van der Waals surface area contributed by atoms with Gasteiger partial charge in [0.2, 0.25) is 0 Å². The topological polar surface area (TPSA) is 64.4 Å². The van der Waals surface area contributed by atoms with Crippen molar-refractivity contribution in [1.82, 2.24) is 0 Å². The van der Waals surface area contributed by atoms with Crippen molar-refractivity contribution >= 4 is 8.60 Å². The third-order valence-corrected chi connectivity index (χ3v) is 1.85. The molecule has 0 aliphatic carbocycles. The Morgan fingerprint density at radius 2 is 2.09 bits per heavy atom. The lowest BCUT2D eigenvalue weighted by atomic mass is 10.2. The highest BCUT2D eigenvalue weighted by Gasteiger charge is 2.04. The SMILES string of the molecule is CCCCCCOP([O])ON. The molecule has 0 fully saturated rings. The van der Waals surface area contributed by atoms with Crippen LogP contribution in [0, 0.1) is 0 Å². The monoisotopic (exact) mass is 180 g/mol. The van der Waals surface area contributed by atoms with Crippen LogP contribution in [-0.2, 0) is 14.0 Å². The molecule has 0 saturated heterocycles. The second-order valence-corrected chi connectivity index (χ2v) is 3.14. The van der Waals surface area contributed by atoms with Crippen molar-refractivity contribution in [2.24, 2.45) is 5.90 Å². The first-order valence-corrected chi connectivity index (χ1v) is 4.87. The molecule has 0 aliphatic heterocycles. The predicted octanol–water partition coefficient (Wildman–Crippen LogP) is 2.13. The molecule has 11 heavy (non-hydrogen) atoms. The summed E-state index contributed by atoms with van der Waals surface area (Å²) >= 11 is 0. The molecule has 0 aromatic heterocycles. The van der Waals surface area contributed by atoms with Crippen LogP contribution in [0.15, 0.2) is 0 Å². The molecule has 0 heterocycles. The summed E-state index contributed by atoms with van der Waals surface area (Å²) in [5.74, 6) is 4.60. The molecule has 1 radical (unpaired) electrons. The van der Waals surface area contributed by atoms with Crippen LogP contribution >= 0.6 is 8.60 Å². The second-order valence-electron chi connectivity index (χ2n) is 2.22. The number of hydrogen-bond donors (Lipinski definition) is 1. The van der Waals surface area contributed by atoms with Crippen molar-refractivity contribution in [3.8, 4) is 0 Å².